The highest BCUT2D eigenvalue weighted by Gasteiger charge is 2.21. The second-order valence-electron chi connectivity index (χ2n) is 6.02. The van der Waals surface area contributed by atoms with Crippen LogP contribution in [-0.2, 0) is 13.6 Å². The van der Waals surface area contributed by atoms with Gasteiger partial charge in [-0.15, -0.1) is 0 Å². The molecule has 3 rings (SSSR count). The number of hydrogen-bond acceptors (Lipinski definition) is 3. The maximum absolute atomic E-state index is 12.9. The first-order valence-electron chi connectivity index (χ1n) is 8.09. The largest absolute Gasteiger partial charge is 0.336 e. The van der Waals surface area contributed by atoms with Gasteiger partial charge >= 0.3 is 0 Å². The number of aromatic nitrogens is 2. The number of halogens is 1. The third-order valence-electron chi connectivity index (χ3n) is 4.02. The Labute approximate surface area is 156 Å². The first-order valence-corrected chi connectivity index (χ1v) is 8.47. The van der Waals surface area contributed by atoms with Gasteiger partial charge in [0.2, 0.25) is 0 Å². The van der Waals surface area contributed by atoms with E-state index in [4.69, 9.17) is 11.6 Å². The number of carbonyl (C=O) groups excluding carboxylic acids is 2. The van der Waals surface area contributed by atoms with Crippen molar-refractivity contribution in [2.24, 2.45) is 7.05 Å². The molecule has 1 heterocycles. The van der Waals surface area contributed by atoms with E-state index in [1.807, 2.05) is 19.3 Å². The standard InChI is InChI=1S/C20H18ClN3O2/c1-23(13-16-11-12-24(2)22-16)20(26)18-6-4-3-5-17(18)19(25)14-7-9-15(21)10-8-14/h3-12H,13H2,1-2H3. The Morgan fingerprint density at radius 3 is 2.31 bits per heavy atom. The molecule has 26 heavy (non-hydrogen) atoms. The van der Waals surface area contributed by atoms with Crippen molar-refractivity contribution in [3.63, 3.8) is 0 Å². The maximum atomic E-state index is 12.9. The molecule has 0 saturated heterocycles. The molecule has 0 aliphatic heterocycles. The summed E-state index contributed by atoms with van der Waals surface area (Å²) in [4.78, 5) is 27.3. The summed E-state index contributed by atoms with van der Waals surface area (Å²) >= 11 is 5.88. The molecule has 2 aromatic carbocycles. The van der Waals surface area contributed by atoms with Crippen molar-refractivity contribution < 1.29 is 9.59 Å². The highest BCUT2D eigenvalue weighted by molar-refractivity contribution is 6.30. The minimum Gasteiger partial charge on any atom is -0.336 e. The Balaban J connectivity index is 1.87. The molecule has 0 radical (unpaired) electrons. The van der Waals surface area contributed by atoms with Gasteiger partial charge in [0, 0.05) is 36.4 Å². The molecule has 0 spiro atoms. The molecule has 0 aliphatic carbocycles. The molecule has 1 amide bonds. The normalized spacial score (nSPS) is 10.6. The van der Waals surface area contributed by atoms with Crippen LogP contribution >= 0.6 is 11.6 Å². The van der Waals surface area contributed by atoms with E-state index in [1.165, 1.54) is 0 Å². The Morgan fingerprint density at radius 2 is 1.69 bits per heavy atom. The van der Waals surface area contributed by atoms with E-state index in [1.54, 1.807) is 65.2 Å². The van der Waals surface area contributed by atoms with Crippen molar-refractivity contribution >= 4 is 23.3 Å². The van der Waals surface area contributed by atoms with E-state index in [0.717, 1.165) is 5.69 Å². The lowest BCUT2D eigenvalue weighted by Crippen LogP contribution is -2.28. The summed E-state index contributed by atoms with van der Waals surface area (Å²) in [6, 6.07) is 15.3. The molecule has 0 fully saturated rings. The van der Waals surface area contributed by atoms with Crippen LogP contribution in [0, 0.1) is 0 Å². The summed E-state index contributed by atoms with van der Waals surface area (Å²) in [5.74, 6) is -0.439. The summed E-state index contributed by atoms with van der Waals surface area (Å²) in [5.41, 5.74) is 2.01. The molecular formula is C20H18ClN3O2. The van der Waals surface area contributed by atoms with Gasteiger partial charge in [-0.2, -0.15) is 5.10 Å². The maximum Gasteiger partial charge on any atom is 0.254 e. The van der Waals surface area contributed by atoms with E-state index in [0.29, 0.717) is 28.3 Å². The van der Waals surface area contributed by atoms with Gasteiger partial charge in [0.1, 0.15) is 0 Å². The number of aryl methyl sites for hydroxylation is 1. The van der Waals surface area contributed by atoms with Gasteiger partial charge in [-0.25, -0.2) is 0 Å². The molecular weight excluding hydrogens is 350 g/mol. The van der Waals surface area contributed by atoms with Crippen LogP contribution in [-0.4, -0.2) is 33.4 Å². The highest BCUT2D eigenvalue weighted by atomic mass is 35.5. The van der Waals surface area contributed by atoms with Crippen LogP contribution in [0.2, 0.25) is 5.02 Å². The first-order chi connectivity index (χ1) is 12.5. The lowest BCUT2D eigenvalue weighted by atomic mass is 9.97. The van der Waals surface area contributed by atoms with Gasteiger partial charge in [0.25, 0.3) is 5.91 Å². The van der Waals surface area contributed by atoms with E-state index < -0.39 is 0 Å². The SMILES string of the molecule is CN(Cc1ccn(C)n1)C(=O)c1ccccc1C(=O)c1ccc(Cl)cc1. The van der Waals surface area contributed by atoms with Gasteiger partial charge in [-0.1, -0.05) is 29.8 Å². The lowest BCUT2D eigenvalue weighted by molar-refractivity contribution is 0.0778. The topological polar surface area (TPSA) is 55.2 Å². The van der Waals surface area contributed by atoms with Crippen molar-refractivity contribution in [1.29, 1.82) is 0 Å². The van der Waals surface area contributed by atoms with E-state index >= 15 is 0 Å². The number of ketones is 1. The smallest absolute Gasteiger partial charge is 0.254 e. The van der Waals surface area contributed by atoms with Crippen molar-refractivity contribution in [2.45, 2.75) is 6.54 Å². The number of benzene rings is 2. The second-order valence-corrected chi connectivity index (χ2v) is 6.46. The number of rotatable bonds is 5. The molecule has 3 aromatic rings. The van der Waals surface area contributed by atoms with Crippen molar-refractivity contribution in [1.82, 2.24) is 14.7 Å². The zero-order valence-electron chi connectivity index (χ0n) is 14.5. The van der Waals surface area contributed by atoms with E-state index in [9.17, 15) is 9.59 Å². The third kappa shape index (κ3) is 3.83. The van der Waals surface area contributed by atoms with E-state index in [-0.39, 0.29) is 11.7 Å². The molecule has 0 N–H and O–H groups in total. The van der Waals surface area contributed by atoms with Crippen LogP contribution in [0.25, 0.3) is 0 Å². The summed E-state index contributed by atoms with van der Waals surface area (Å²) in [7, 11) is 3.52. The number of nitrogens with zero attached hydrogens (tertiary/aromatic N) is 3. The Morgan fingerprint density at radius 1 is 1.04 bits per heavy atom. The Hall–Kier alpha value is -2.92. The van der Waals surface area contributed by atoms with Crippen LogP contribution < -0.4 is 0 Å². The van der Waals surface area contributed by atoms with Crippen molar-refractivity contribution in [3.8, 4) is 0 Å². The molecule has 5 nitrogen and oxygen atoms in total. The Bertz CT molecular complexity index is 948. The minimum absolute atomic E-state index is 0.211. The van der Waals surface area contributed by atoms with Gasteiger partial charge in [0.05, 0.1) is 17.8 Å². The fraction of sp³-hybridized carbons (Fsp3) is 0.150. The zero-order chi connectivity index (χ0) is 18.7. The predicted octanol–water partition coefficient (Wildman–Crippen LogP) is 3.58. The summed E-state index contributed by atoms with van der Waals surface area (Å²) in [5, 5.41) is 4.84. The van der Waals surface area contributed by atoms with Crippen LogP contribution in [0.4, 0.5) is 0 Å². The fourth-order valence-corrected chi connectivity index (χ4v) is 2.82. The Kier molecular flexibility index (Phi) is 5.19. The van der Waals surface area contributed by atoms with Crippen LogP contribution in [0.5, 0.6) is 0 Å². The van der Waals surface area contributed by atoms with Crippen LogP contribution in [0.15, 0.2) is 60.8 Å². The number of hydrogen-bond donors (Lipinski definition) is 0. The van der Waals surface area contributed by atoms with Gasteiger partial charge in [-0.3, -0.25) is 14.3 Å². The third-order valence-corrected chi connectivity index (χ3v) is 4.28. The molecule has 6 heteroatoms. The average Bonchev–Trinajstić information content (AvgIpc) is 3.06. The van der Waals surface area contributed by atoms with Crippen LogP contribution in [0.3, 0.4) is 0 Å². The number of amides is 1. The van der Waals surface area contributed by atoms with Gasteiger partial charge < -0.3 is 4.90 Å². The first kappa shape index (κ1) is 17.9. The fourth-order valence-electron chi connectivity index (χ4n) is 2.69. The molecule has 1 aromatic heterocycles. The highest BCUT2D eigenvalue weighted by Crippen LogP contribution is 2.18. The summed E-state index contributed by atoms with van der Waals surface area (Å²) in [6.07, 6.45) is 1.83. The molecule has 132 valence electrons. The lowest BCUT2D eigenvalue weighted by Gasteiger charge is -2.18. The minimum atomic E-state index is -0.228. The summed E-state index contributed by atoms with van der Waals surface area (Å²) in [6.45, 7) is 0.364. The van der Waals surface area contributed by atoms with Gasteiger partial charge in [-0.05, 0) is 36.4 Å². The molecule has 0 aliphatic rings. The monoisotopic (exact) mass is 367 g/mol. The quantitative estimate of drug-likeness (QED) is 0.648. The van der Waals surface area contributed by atoms with Gasteiger partial charge in [0.15, 0.2) is 5.78 Å². The molecule has 0 bridgehead atoms. The predicted molar refractivity (Wildman–Crippen MR) is 100 cm³/mol. The average molecular weight is 368 g/mol. The van der Waals surface area contributed by atoms with Crippen LogP contribution in [0.1, 0.15) is 32.0 Å². The van der Waals surface area contributed by atoms with Crippen molar-refractivity contribution in [3.05, 3.63) is 88.2 Å². The van der Waals surface area contributed by atoms with Crippen molar-refractivity contribution in [2.75, 3.05) is 7.05 Å². The molecule has 0 unspecified atom stereocenters. The zero-order valence-corrected chi connectivity index (χ0v) is 15.3. The van der Waals surface area contributed by atoms with E-state index in [2.05, 4.69) is 5.10 Å². The second kappa shape index (κ2) is 7.54. The molecule has 0 saturated carbocycles. The summed E-state index contributed by atoms with van der Waals surface area (Å²) < 4.78 is 1.69. The number of carbonyl (C=O) groups is 2. The molecule has 0 atom stereocenters.